The van der Waals surface area contributed by atoms with E-state index in [0.29, 0.717) is 5.56 Å². The van der Waals surface area contributed by atoms with E-state index in [2.05, 4.69) is 45.9 Å². The molecule has 0 amide bonds. The summed E-state index contributed by atoms with van der Waals surface area (Å²) in [6.07, 6.45) is 1.81. The fourth-order valence-electron chi connectivity index (χ4n) is 4.90. The number of rotatable bonds is 2. The molecule has 3 aromatic carbocycles. The summed E-state index contributed by atoms with van der Waals surface area (Å²) in [5.41, 5.74) is 7.15. The van der Waals surface area contributed by atoms with Crippen molar-refractivity contribution in [1.29, 1.82) is 0 Å². The second-order valence-corrected chi connectivity index (χ2v) is 8.24. The summed E-state index contributed by atoms with van der Waals surface area (Å²) < 4.78 is 2.18. The quantitative estimate of drug-likeness (QED) is 0.321. The minimum Gasteiger partial charge on any atom is -0.294 e. The zero-order valence-corrected chi connectivity index (χ0v) is 17.6. The van der Waals surface area contributed by atoms with Crippen molar-refractivity contribution < 1.29 is 4.79 Å². The summed E-state index contributed by atoms with van der Waals surface area (Å²) in [6, 6.07) is 32.3. The van der Waals surface area contributed by atoms with Crippen molar-refractivity contribution in [2.45, 2.75) is 0 Å². The second-order valence-electron chi connectivity index (χ2n) is 8.24. The van der Waals surface area contributed by atoms with E-state index in [1.165, 1.54) is 5.39 Å². The third-order valence-corrected chi connectivity index (χ3v) is 6.42. The predicted molar refractivity (Wildman–Crippen MR) is 131 cm³/mol. The maximum atomic E-state index is 12.9. The van der Waals surface area contributed by atoms with Gasteiger partial charge in [0.2, 0.25) is 0 Å². The number of hydrogen-bond donors (Lipinski definition) is 0. The van der Waals surface area contributed by atoms with E-state index >= 15 is 0 Å². The Bertz CT molecular complexity index is 1730. The van der Waals surface area contributed by atoms with Crippen LogP contribution in [0.2, 0.25) is 0 Å². The monoisotopic (exact) mass is 423 g/mol. The van der Waals surface area contributed by atoms with Crippen LogP contribution in [0, 0.1) is 0 Å². The Morgan fingerprint density at radius 2 is 1.42 bits per heavy atom. The minimum atomic E-state index is 0.0410. The molecule has 0 atom stereocenters. The van der Waals surface area contributed by atoms with Crippen LogP contribution in [0.5, 0.6) is 0 Å². The minimum absolute atomic E-state index is 0.0410. The number of nitrogens with zero attached hydrogens (tertiary/aromatic N) is 3. The van der Waals surface area contributed by atoms with E-state index in [0.717, 1.165) is 50.3 Å². The molecule has 0 fully saturated rings. The summed E-state index contributed by atoms with van der Waals surface area (Å²) in [5, 5.41) is 2.32. The first-order valence-electron chi connectivity index (χ1n) is 10.9. The Morgan fingerprint density at radius 3 is 2.30 bits per heavy atom. The van der Waals surface area contributed by atoms with E-state index < -0.39 is 0 Å². The van der Waals surface area contributed by atoms with Gasteiger partial charge in [-0.25, -0.2) is 4.98 Å². The summed E-state index contributed by atoms with van der Waals surface area (Å²) in [7, 11) is 0. The van der Waals surface area contributed by atoms with Crippen LogP contribution in [0.15, 0.2) is 103 Å². The van der Waals surface area contributed by atoms with E-state index in [9.17, 15) is 4.79 Å². The fraction of sp³-hybridized carbons (Fsp3) is 0. The summed E-state index contributed by atoms with van der Waals surface area (Å²) in [6.45, 7) is 0. The number of aromatic nitrogens is 3. The number of carbonyl (C=O) groups excluding carboxylic acids is 1. The van der Waals surface area contributed by atoms with Crippen LogP contribution in [-0.4, -0.2) is 20.3 Å². The molecule has 0 saturated carbocycles. The lowest BCUT2D eigenvalue weighted by Crippen LogP contribution is -2.01. The molecule has 0 bridgehead atoms. The van der Waals surface area contributed by atoms with Crippen LogP contribution in [0.3, 0.4) is 0 Å². The molecular weight excluding hydrogens is 406 g/mol. The molecule has 3 heterocycles. The van der Waals surface area contributed by atoms with Crippen LogP contribution >= 0.6 is 0 Å². The highest BCUT2D eigenvalue weighted by molar-refractivity contribution is 6.21. The zero-order valence-electron chi connectivity index (χ0n) is 17.6. The molecule has 1 aliphatic rings. The number of hydrogen-bond acceptors (Lipinski definition) is 3. The van der Waals surface area contributed by atoms with Crippen molar-refractivity contribution in [3.63, 3.8) is 0 Å². The van der Waals surface area contributed by atoms with Gasteiger partial charge in [-0.3, -0.25) is 14.3 Å². The lowest BCUT2D eigenvalue weighted by atomic mass is 10.1. The molecule has 0 spiro atoms. The smallest absolute Gasteiger partial charge is 0.195 e. The van der Waals surface area contributed by atoms with Crippen LogP contribution in [0.25, 0.3) is 50.1 Å². The van der Waals surface area contributed by atoms with Crippen molar-refractivity contribution in [3.05, 3.63) is 114 Å². The molecule has 6 aromatic rings. The topological polar surface area (TPSA) is 47.8 Å². The molecule has 0 saturated heterocycles. The number of carbonyl (C=O) groups is 1. The molecule has 0 N–H and O–H groups in total. The van der Waals surface area contributed by atoms with Gasteiger partial charge in [-0.15, -0.1) is 0 Å². The van der Waals surface area contributed by atoms with Crippen LogP contribution < -0.4 is 0 Å². The van der Waals surface area contributed by atoms with Crippen LogP contribution in [0.1, 0.15) is 15.9 Å². The highest BCUT2D eigenvalue weighted by atomic mass is 16.1. The Morgan fingerprint density at radius 1 is 0.636 bits per heavy atom. The third-order valence-electron chi connectivity index (χ3n) is 6.42. The highest BCUT2D eigenvalue weighted by Gasteiger charge is 2.28. The average Bonchev–Trinajstić information content (AvgIpc) is 3.36. The van der Waals surface area contributed by atoms with Crippen LogP contribution in [0.4, 0.5) is 0 Å². The van der Waals surface area contributed by atoms with Gasteiger partial charge in [0.15, 0.2) is 5.78 Å². The molecule has 3 aromatic heterocycles. The first-order valence-corrected chi connectivity index (χ1v) is 10.9. The third kappa shape index (κ3) is 2.55. The Balaban J connectivity index is 1.53. The Hall–Kier alpha value is -4.57. The normalized spacial score (nSPS) is 12.3. The molecule has 4 nitrogen and oxygen atoms in total. The van der Waals surface area contributed by atoms with E-state index in [1.807, 2.05) is 66.9 Å². The molecule has 4 heteroatoms. The molecule has 7 rings (SSSR count). The van der Waals surface area contributed by atoms with Gasteiger partial charge in [0, 0.05) is 39.2 Å². The van der Waals surface area contributed by atoms with Crippen molar-refractivity contribution in [2.75, 3.05) is 0 Å². The van der Waals surface area contributed by atoms with Crippen molar-refractivity contribution in [1.82, 2.24) is 14.5 Å². The number of para-hydroxylation sites is 1. The summed E-state index contributed by atoms with van der Waals surface area (Å²) >= 11 is 0. The number of fused-ring (bicyclic) bond motifs is 6. The maximum absolute atomic E-state index is 12.9. The molecule has 0 aliphatic heterocycles. The van der Waals surface area contributed by atoms with E-state index in [1.54, 1.807) is 0 Å². The molecule has 0 unspecified atom stereocenters. The second kappa shape index (κ2) is 6.71. The molecule has 33 heavy (non-hydrogen) atoms. The first-order chi connectivity index (χ1) is 16.3. The van der Waals surface area contributed by atoms with Crippen LogP contribution in [-0.2, 0) is 0 Å². The molecule has 1 aliphatic carbocycles. The lowest BCUT2D eigenvalue weighted by Gasteiger charge is -2.10. The van der Waals surface area contributed by atoms with Crippen molar-refractivity contribution >= 4 is 27.6 Å². The number of benzene rings is 3. The summed E-state index contributed by atoms with van der Waals surface area (Å²) in [4.78, 5) is 22.4. The van der Waals surface area contributed by atoms with Gasteiger partial charge in [0.25, 0.3) is 0 Å². The standard InChI is InChI=1S/C29H17N3O/c33-29-22-9-2-1-8-21(22)28-23(29)14-15-27(31-28)32-25-11-4-3-7-19(25)20-13-12-18(17-26(20)32)24-10-5-6-16-30-24/h1-17H. The zero-order chi connectivity index (χ0) is 21.9. The SMILES string of the molecule is O=C1c2ccccc2-c2nc(-n3c4ccccc4c4ccc(-c5ccccn5)cc43)ccc21. The fourth-order valence-corrected chi connectivity index (χ4v) is 4.90. The maximum Gasteiger partial charge on any atom is 0.195 e. The summed E-state index contributed by atoms with van der Waals surface area (Å²) in [5.74, 6) is 0.835. The first kappa shape index (κ1) is 18.0. The predicted octanol–water partition coefficient (Wildman–Crippen LogP) is 6.45. The van der Waals surface area contributed by atoms with Gasteiger partial charge < -0.3 is 0 Å². The number of pyridine rings is 2. The lowest BCUT2D eigenvalue weighted by molar-refractivity contribution is 0.104. The average molecular weight is 423 g/mol. The van der Waals surface area contributed by atoms with Gasteiger partial charge in [-0.05, 0) is 36.4 Å². The number of ketones is 1. The highest BCUT2D eigenvalue weighted by Crippen LogP contribution is 2.38. The molecule has 154 valence electrons. The Labute approximate surface area is 189 Å². The van der Waals surface area contributed by atoms with Gasteiger partial charge in [-0.1, -0.05) is 60.7 Å². The molecule has 0 radical (unpaired) electrons. The van der Waals surface area contributed by atoms with Crippen molar-refractivity contribution in [3.8, 4) is 28.3 Å². The van der Waals surface area contributed by atoms with Gasteiger partial charge in [0.05, 0.1) is 22.4 Å². The molecular formula is C29H17N3O. The van der Waals surface area contributed by atoms with E-state index in [4.69, 9.17) is 4.98 Å². The van der Waals surface area contributed by atoms with Gasteiger partial charge >= 0.3 is 0 Å². The van der Waals surface area contributed by atoms with Crippen molar-refractivity contribution in [2.24, 2.45) is 0 Å². The van der Waals surface area contributed by atoms with Gasteiger partial charge in [0.1, 0.15) is 5.82 Å². The van der Waals surface area contributed by atoms with E-state index in [-0.39, 0.29) is 5.78 Å². The Kier molecular flexibility index (Phi) is 3.67. The largest absolute Gasteiger partial charge is 0.294 e. The van der Waals surface area contributed by atoms with Gasteiger partial charge in [-0.2, -0.15) is 0 Å².